The second kappa shape index (κ2) is 4.81. The van der Waals surface area contributed by atoms with Crippen molar-refractivity contribution in [1.29, 1.82) is 0 Å². The van der Waals surface area contributed by atoms with Crippen LogP contribution in [0.5, 0.6) is 0 Å². The van der Waals surface area contributed by atoms with Crippen molar-refractivity contribution in [3.63, 3.8) is 0 Å². The van der Waals surface area contributed by atoms with Gasteiger partial charge in [0.2, 0.25) is 5.16 Å². The fraction of sp³-hybridized carbons (Fsp3) is 0.182. The molecule has 0 N–H and O–H groups in total. The van der Waals surface area contributed by atoms with E-state index >= 15 is 0 Å². The van der Waals surface area contributed by atoms with Gasteiger partial charge in [0.25, 0.3) is 5.56 Å². The van der Waals surface area contributed by atoms with Crippen LogP contribution in [0.1, 0.15) is 5.69 Å². The lowest BCUT2D eigenvalue weighted by atomic mass is 10.4. The summed E-state index contributed by atoms with van der Waals surface area (Å²) in [5.41, 5.74) is 1.27. The van der Waals surface area contributed by atoms with Gasteiger partial charge in [-0.15, -0.1) is 5.10 Å². The Morgan fingerprint density at radius 2 is 2.26 bits per heavy atom. The highest BCUT2D eigenvalue weighted by molar-refractivity contribution is 7.98. The van der Waals surface area contributed by atoms with Crippen LogP contribution in [0.3, 0.4) is 0 Å². The molecule has 0 spiro atoms. The number of aromatic nitrogens is 6. The summed E-state index contributed by atoms with van der Waals surface area (Å²) in [6.45, 7) is 0. The fourth-order valence-corrected chi connectivity index (χ4v) is 2.40. The first-order valence-electron chi connectivity index (χ1n) is 5.56. The summed E-state index contributed by atoms with van der Waals surface area (Å²) in [6.07, 6.45) is 1.70. The third-order valence-corrected chi connectivity index (χ3v) is 3.60. The summed E-state index contributed by atoms with van der Waals surface area (Å²) in [6, 6.07) is 6.99. The highest BCUT2D eigenvalue weighted by Gasteiger charge is 2.06. The molecule has 0 fully saturated rings. The molecule has 3 aromatic heterocycles. The number of tetrazole rings is 1. The van der Waals surface area contributed by atoms with Crippen LogP contribution in [0.4, 0.5) is 0 Å². The average molecular weight is 274 g/mol. The Kier molecular flexibility index (Phi) is 3.00. The quantitative estimate of drug-likeness (QED) is 0.648. The number of aryl methyl sites for hydroxylation is 1. The molecule has 0 aromatic carbocycles. The van der Waals surface area contributed by atoms with Gasteiger partial charge in [0.15, 0.2) is 0 Å². The van der Waals surface area contributed by atoms with E-state index in [4.69, 9.17) is 0 Å². The molecule has 96 valence electrons. The second-order valence-electron chi connectivity index (χ2n) is 3.89. The molecule has 3 aromatic rings. The monoisotopic (exact) mass is 274 g/mol. The van der Waals surface area contributed by atoms with Gasteiger partial charge in [0.05, 0.1) is 5.69 Å². The molecule has 0 amide bonds. The van der Waals surface area contributed by atoms with E-state index in [2.05, 4.69) is 20.5 Å². The Morgan fingerprint density at radius 1 is 1.37 bits per heavy atom. The lowest BCUT2D eigenvalue weighted by Gasteiger charge is -2.02. The van der Waals surface area contributed by atoms with Gasteiger partial charge in [-0.05, 0) is 22.6 Å². The Balaban J connectivity index is 1.90. The topological polar surface area (TPSA) is 78.0 Å². The molecular weight excluding hydrogens is 264 g/mol. The molecule has 0 saturated heterocycles. The van der Waals surface area contributed by atoms with Crippen LogP contribution in [-0.4, -0.2) is 29.6 Å². The summed E-state index contributed by atoms with van der Waals surface area (Å²) >= 11 is 1.44. The largest absolute Gasteiger partial charge is 0.269 e. The van der Waals surface area contributed by atoms with Crippen LogP contribution in [0.2, 0.25) is 0 Å². The van der Waals surface area contributed by atoms with Crippen molar-refractivity contribution >= 4 is 17.4 Å². The van der Waals surface area contributed by atoms with Gasteiger partial charge < -0.3 is 0 Å². The van der Waals surface area contributed by atoms with Gasteiger partial charge in [-0.1, -0.05) is 17.8 Å². The highest BCUT2D eigenvalue weighted by Crippen LogP contribution is 2.17. The molecular formula is C11H10N6OS. The molecule has 0 saturated carbocycles. The van der Waals surface area contributed by atoms with Crippen molar-refractivity contribution < 1.29 is 0 Å². The van der Waals surface area contributed by atoms with Gasteiger partial charge >= 0.3 is 0 Å². The molecule has 0 aliphatic rings. The summed E-state index contributed by atoms with van der Waals surface area (Å²) in [4.78, 5) is 16.3. The van der Waals surface area contributed by atoms with E-state index in [9.17, 15) is 4.79 Å². The van der Waals surface area contributed by atoms with Gasteiger partial charge in [0.1, 0.15) is 5.65 Å². The van der Waals surface area contributed by atoms with Crippen LogP contribution in [-0.2, 0) is 12.8 Å². The highest BCUT2D eigenvalue weighted by atomic mass is 32.2. The molecule has 19 heavy (non-hydrogen) atoms. The smallest absolute Gasteiger partial charge is 0.258 e. The molecule has 0 aliphatic carbocycles. The SMILES string of the molecule is Cn1nnnc1SCc1cc(=O)n2ccccc2n1. The van der Waals surface area contributed by atoms with Crippen LogP contribution < -0.4 is 5.56 Å². The molecule has 0 unspecified atom stereocenters. The zero-order valence-electron chi connectivity index (χ0n) is 10.1. The maximum absolute atomic E-state index is 11.9. The number of nitrogens with zero attached hydrogens (tertiary/aromatic N) is 6. The van der Waals surface area contributed by atoms with Crippen LogP contribution in [0, 0.1) is 0 Å². The van der Waals surface area contributed by atoms with Crippen molar-refractivity contribution in [3.8, 4) is 0 Å². The number of fused-ring (bicyclic) bond motifs is 1. The fourth-order valence-electron chi connectivity index (χ4n) is 1.66. The van der Waals surface area contributed by atoms with Crippen molar-refractivity contribution in [3.05, 3.63) is 46.5 Å². The first-order valence-corrected chi connectivity index (χ1v) is 6.55. The molecule has 0 aliphatic heterocycles. The minimum absolute atomic E-state index is 0.0858. The summed E-state index contributed by atoms with van der Waals surface area (Å²) in [5, 5.41) is 11.9. The van der Waals surface area contributed by atoms with Crippen molar-refractivity contribution in [2.75, 3.05) is 0 Å². The zero-order valence-corrected chi connectivity index (χ0v) is 10.9. The van der Waals surface area contributed by atoms with Crippen LogP contribution in [0.25, 0.3) is 5.65 Å². The first-order chi connectivity index (χ1) is 9.24. The molecule has 3 rings (SSSR count). The van der Waals surface area contributed by atoms with E-state index < -0.39 is 0 Å². The van der Waals surface area contributed by atoms with E-state index in [1.54, 1.807) is 30.1 Å². The minimum Gasteiger partial charge on any atom is -0.269 e. The number of thioether (sulfide) groups is 1. The lowest BCUT2D eigenvalue weighted by Crippen LogP contribution is -2.14. The van der Waals surface area contributed by atoms with Crippen molar-refractivity contribution in [2.45, 2.75) is 10.9 Å². The van der Waals surface area contributed by atoms with Gasteiger partial charge in [-0.2, -0.15) is 0 Å². The standard InChI is InChI=1S/C11H10N6OS/c1-16-11(13-14-15-16)19-7-8-6-10(18)17-5-3-2-4-9(17)12-8/h2-6H,7H2,1H3. The normalized spacial score (nSPS) is 11.0. The van der Waals surface area contributed by atoms with E-state index in [-0.39, 0.29) is 5.56 Å². The van der Waals surface area contributed by atoms with Crippen molar-refractivity contribution in [1.82, 2.24) is 29.6 Å². The van der Waals surface area contributed by atoms with Crippen molar-refractivity contribution in [2.24, 2.45) is 7.05 Å². The predicted octanol–water partition coefficient (Wildman–Crippen LogP) is 0.510. The van der Waals surface area contributed by atoms with E-state index in [0.29, 0.717) is 22.3 Å². The van der Waals surface area contributed by atoms with E-state index in [1.807, 2.05) is 6.07 Å². The Bertz CT molecular complexity index is 780. The Labute approximate surface area is 112 Å². The zero-order chi connectivity index (χ0) is 13.2. The number of hydrogen-bond donors (Lipinski definition) is 0. The van der Waals surface area contributed by atoms with E-state index in [1.165, 1.54) is 22.2 Å². The summed E-state index contributed by atoms with van der Waals surface area (Å²) in [5.74, 6) is 0.550. The minimum atomic E-state index is -0.0858. The number of pyridine rings is 1. The predicted molar refractivity (Wildman–Crippen MR) is 69.8 cm³/mol. The summed E-state index contributed by atoms with van der Waals surface area (Å²) < 4.78 is 3.09. The van der Waals surface area contributed by atoms with Gasteiger partial charge in [-0.3, -0.25) is 9.20 Å². The number of hydrogen-bond acceptors (Lipinski definition) is 6. The third-order valence-electron chi connectivity index (χ3n) is 2.55. The molecule has 0 atom stereocenters. The van der Waals surface area contributed by atoms with E-state index in [0.717, 1.165) is 0 Å². The van der Waals surface area contributed by atoms with Crippen LogP contribution >= 0.6 is 11.8 Å². The lowest BCUT2D eigenvalue weighted by molar-refractivity contribution is 0.664. The number of rotatable bonds is 3. The molecule has 8 heteroatoms. The maximum Gasteiger partial charge on any atom is 0.258 e. The first kappa shape index (κ1) is 11.8. The maximum atomic E-state index is 11.9. The van der Waals surface area contributed by atoms with Gasteiger partial charge in [-0.25, -0.2) is 9.67 Å². The van der Waals surface area contributed by atoms with Crippen LogP contribution in [0.15, 0.2) is 40.4 Å². The second-order valence-corrected chi connectivity index (χ2v) is 4.83. The Hall–Kier alpha value is -2.22. The molecule has 0 bridgehead atoms. The van der Waals surface area contributed by atoms with Gasteiger partial charge in [0, 0.05) is 25.1 Å². The molecule has 0 radical (unpaired) electrons. The third kappa shape index (κ3) is 2.34. The molecule has 7 nitrogen and oxygen atoms in total. The average Bonchev–Trinajstić information content (AvgIpc) is 2.82. The molecule has 3 heterocycles. The Morgan fingerprint density at radius 3 is 3.05 bits per heavy atom. The summed E-state index contributed by atoms with van der Waals surface area (Å²) in [7, 11) is 1.77.